The summed E-state index contributed by atoms with van der Waals surface area (Å²) in [5, 5.41) is 3.61. The first-order valence-corrected chi connectivity index (χ1v) is 5.75. The largest absolute Gasteiger partial charge is 0.313 e. The molecule has 2 unspecified atom stereocenters. The lowest BCUT2D eigenvalue weighted by Crippen LogP contribution is -2.40. The second-order valence-corrected chi connectivity index (χ2v) is 4.19. The molecule has 0 radical (unpaired) electrons. The van der Waals surface area contributed by atoms with E-state index in [4.69, 9.17) is 0 Å². The Morgan fingerprint density at radius 2 is 2.15 bits per heavy atom. The standard InChI is InChI=1S/C11H24N2/c1-4-8-13-9-11(5-2)12-7-6-10(13)3/h10-12H,4-9H2,1-3H3. The number of rotatable bonds is 3. The van der Waals surface area contributed by atoms with Crippen LogP contribution in [0.2, 0.25) is 0 Å². The van der Waals surface area contributed by atoms with Gasteiger partial charge in [0.1, 0.15) is 0 Å². The van der Waals surface area contributed by atoms with Crippen molar-refractivity contribution in [3.63, 3.8) is 0 Å². The van der Waals surface area contributed by atoms with Crippen LogP contribution in [0.15, 0.2) is 0 Å². The smallest absolute Gasteiger partial charge is 0.0192 e. The van der Waals surface area contributed by atoms with Crippen LogP contribution < -0.4 is 5.32 Å². The van der Waals surface area contributed by atoms with E-state index in [1.807, 2.05) is 0 Å². The summed E-state index contributed by atoms with van der Waals surface area (Å²) in [7, 11) is 0. The van der Waals surface area contributed by atoms with Crippen LogP contribution in [0.5, 0.6) is 0 Å². The first-order valence-electron chi connectivity index (χ1n) is 5.75. The zero-order valence-electron chi connectivity index (χ0n) is 9.34. The van der Waals surface area contributed by atoms with Crippen LogP contribution in [0.4, 0.5) is 0 Å². The summed E-state index contributed by atoms with van der Waals surface area (Å²) in [5.41, 5.74) is 0. The van der Waals surface area contributed by atoms with Gasteiger partial charge in [0, 0.05) is 18.6 Å². The fourth-order valence-electron chi connectivity index (χ4n) is 2.08. The van der Waals surface area contributed by atoms with Crippen LogP contribution in [0.3, 0.4) is 0 Å². The summed E-state index contributed by atoms with van der Waals surface area (Å²) < 4.78 is 0. The van der Waals surface area contributed by atoms with Crippen molar-refractivity contribution in [2.45, 2.75) is 52.1 Å². The monoisotopic (exact) mass is 184 g/mol. The summed E-state index contributed by atoms with van der Waals surface area (Å²) in [6.45, 7) is 10.6. The molecule has 0 bridgehead atoms. The van der Waals surface area contributed by atoms with E-state index in [-0.39, 0.29) is 0 Å². The van der Waals surface area contributed by atoms with E-state index in [0.717, 1.165) is 12.1 Å². The molecule has 1 fully saturated rings. The predicted octanol–water partition coefficient (Wildman–Crippen LogP) is 1.86. The van der Waals surface area contributed by atoms with Crippen molar-refractivity contribution in [1.82, 2.24) is 10.2 Å². The van der Waals surface area contributed by atoms with Crippen LogP contribution in [-0.2, 0) is 0 Å². The van der Waals surface area contributed by atoms with Gasteiger partial charge in [-0.25, -0.2) is 0 Å². The Kier molecular flexibility index (Phi) is 4.74. The minimum atomic E-state index is 0.719. The quantitative estimate of drug-likeness (QED) is 0.720. The van der Waals surface area contributed by atoms with Gasteiger partial charge in [0.15, 0.2) is 0 Å². The molecule has 78 valence electrons. The van der Waals surface area contributed by atoms with E-state index in [9.17, 15) is 0 Å². The van der Waals surface area contributed by atoms with Crippen molar-refractivity contribution in [2.24, 2.45) is 0 Å². The number of hydrogen-bond donors (Lipinski definition) is 1. The molecule has 1 heterocycles. The first-order chi connectivity index (χ1) is 6.27. The minimum absolute atomic E-state index is 0.719. The highest BCUT2D eigenvalue weighted by atomic mass is 15.2. The lowest BCUT2D eigenvalue weighted by atomic mass is 10.2. The molecular formula is C11H24N2. The van der Waals surface area contributed by atoms with E-state index in [2.05, 4.69) is 31.0 Å². The van der Waals surface area contributed by atoms with Gasteiger partial charge in [-0.05, 0) is 39.3 Å². The highest BCUT2D eigenvalue weighted by Crippen LogP contribution is 2.10. The summed E-state index contributed by atoms with van der Waals surface area (Å²) in [4.78, 5) is 2.63. The van der Waals surface area contributed by atoms with Crippen molar-refractivity contribution in [1.29, 1.82) is 0 Å². The van der Waals surface area contributed by atoms with E-state index in [1.165, 1.54) is 38.9 Å². The summed E-state index contributed by atoms with van der Waals surface area (Å²) in [6, 6.07) is 1.49. The Morgan fingerprint density at radius 3 is 2.77 bits per heavy atom. The van der Waals surface area contributed by atoms with Crippen molar-refractivity contribution in [3.8, 4) is 0 Å². The maximum atomic E-state index is 3.61. The molecule has 2 atom stereocenters. The third-order valence-corrected chi connectivity index (χ3v) is 3.08. The van der Waals surface area contributed by atoms with Crippen molar-refractivity contribution in [3.05, 3.63) is 0 Å². The van der Waals surface area contributed by atoms with Gasteiger partial charge in [-0.15, -0.1) is 0 Å². The van der Waals surface area contributed by atoms with Crippen LogP contribution in [0.1, 0.15) is 40.0 Å². The van der Waals surface area contributed by atoms with Gasteiger partial charge in [-0.3, -0.25) is 4.90 Å². The van der Waals surface area contributed by atoms with Crippen LogP contribution in [0, 0.1) is 0 Å². The Labute approximate surface area is 82.7 Å². The number of hydrogen-bond acceptors (Lipinski definition) is 2. The third-order valence-electron chi connectivity index (χ3n) is 3.08. The molecule has 0 spiro atoms. The molecule has 0 aliphatic carbocycles. The maximum Gasteiger partial charge on any atom is 0.0192 e. The highest BCUT2D eigenvalue weighted by molar-refractivity contribution is 4.79. The molecule has 0 aromatic rings. The second-order valence-electron chi connectivity index (χ2n) is 4.19. The molecule has 1 rings (SSSR count). The molecule has 0 amide bonds. The fourth-order valence-corrected chi connectivity index (χ4v) is 2.08. The zero-order valence-corrected chi connectivity index (χ0v) is 9.34. The summed E-state index contributed by atoms with van der Waals surface area (Å²) >= 11 is 0. The molecule has 13 heavy (non-hydrogen) atoms. The Bertz CT molecular complexity index is 136. The maximum absolute atomic E-state index is 3.61. The molecule has 0 aromatic carbocycles. The molecular weight excluding hydrogens is 160 g/mol. The average molecular weight is 184 g/mol. The van der Waals surface area contributed by atoms with Crippen molar-refractivity contribution < 1.29 is 0 Å². The summed E-state index contributed by atoms with van der Waals surface area (Å²) in [5.74, 6) is 0. The summed E-state index contributed by atoms with van der Waals surface area (Å²) in [6.07, 6.45) is 3.84. The molecule has 2 nitrogen and oxygen atoms in total. The molecule has 1 saturated heterocycles. The third kappa shape index (κ3) is 3.28. The predicted molar refractivity (Wildman–Crippen MR) is 58.0 cm³/mol. The van der Waals surface area contributed by atoms with Crippen molar-refractivity contribution >= 4 is 0 Å². The van der Waals surface area contributed by atoms with Gasteiger partial charge in [0.2, 0.25) is 0 Å². The molecule has 1 N–H and O–H groups in total. The van der Waals surface area contributed by atoms with E-state index >= 15 is 0 Å². The van der Waals surface area contributed by atoms with Gasteiger partial charge in [0.05, 0.1) is 0 Å². The molecule has 1 aliphatic rings. The SMILES string of the molecule is CCCN1CC(CC)NCCC1C. The highest BCUT2D eigenvalue weighted by Gasteiger charge is 2.20. The van der Waals surface area contributed by atoms with Gasteiger partial charge >= 0.3 is 0 Å². The lowest BCUT2D eigenvalue weighted by molar-refractivity contribution is 0.203. The molecule has 2 heteroatoms. The average Bonchev–Trinajstić information content (AvgIpc) is 2.30. The Morgan fingerprint density at radius 1 is 1.38 bits per heavy atom. The lowest BCUT2D eigenvalue weighted by Gasteiger charge is -2.28. The Hall–Kier alpha value is -0.0800. The van der Waals surface area contributed by atoms with E-state index < -0.39 is 0 Å². The molecule has 0 aromatic heterocycles. The van der Waals surface area contributed by atoms with Crippen LogP contribution >= 0.6 is 0 Å². The topological polar surface area (TPSA) is 15.3 Å². The van der Waals surface area contributed by atoms with Gasteiger partial charge in [-0.1, -0.05) is 13.8 Å². The Balaban J connectivity index is 2.45. The second kappa shape index (κ2) is 5.61. The fraction of sp³-hybridized carbons (Fsp3) is 1.00. The normalized spacial score (nSPS) is 31.6. The van der Waals surface area contributed by atoms with Gasteiger partial charge < -0.3 is 5.32 Å². The van der Waals surface area contributed by atoms with Gasteiger partial charge in [-0.2, -0.15) is 0 Å². The number of nitrogens with one attached hydrogen (secondary N) is 1. The molecule has 1 aliphatic heterocycles. The van der Waals surface area contributed by atoms with E-state index in [1.54, 1.807) is 0 Å². The van der Waals surface area contributed by atoms with Crippen LogP contribution in [-0.4, -0.2) is 36.6 Å². The first kappa shape index (κ1) is 11.0. The van der Waals surface area contributed by atoms with Crippen molar-refractivity contribution in [2.75, 3.05) is 19.6 Å². The zero-order chi connectivity index (χ0) is 9.68. The van der Waals surface area contributed by atoms with Gasteiger partial charge in [0.25, 0.3) is 0 Å². The molecule has 0 saturated carbocycles. The minimum Gasteiger partial charge on any atom is -0.313 e. The van der Waals surface area contributed by atoms with E-state index in [0.29, 0.717) is 0 Å². The number of nitrogens with zero attached hydrogens (tertiary/aromatic N) is 1. The van der Waals surface area contributed by atoms with Crippen LogP contribution in [0.25, 0.3) is 0 Å².